The van der Waals surface area contributed by atoms with Crippen molar-refractivity contribution in [3.05, 3.63) is 45.7 Å². The fraction of sp³-hybridized carbons (Fsp3) is 0.471. The van der Waals surface area contributed by atoms with E-state index in [-0.39, 0.29) is 18.5 Å². The highest BCUT2D eigenvalue weighted by Crippen LogP contribution is 2.30. The van der Waals surface area contributed by atoms with Crippen molar-refractivity contribution in [2.75, 3.05) is 13.2 Å². The summed E-state index contributed by atoms with van der Waals surface area (Å²) in [5, 5.41) is 14.4. The Morgan fingerprint density at radius 2 is 2.13 bits per heavy atom. The zero-order valence-electron chi connectivity index (χ0n) is 13.1. The van der Waals surface area contributed by atoms with Crippen molar-refractivity contribution < 1.29 is 14.2 Å². The molecule has 3 rings (SSSR count). The number of halogens is 1. The molecular weight excluding hydrogens is 315 g/mol. The third-order valence-corrected chi connectivity index (χ3v) is 5.24. The summed E-state index contributed by atoms with van der Waals surface area (Å²) in [6, 6.07) is 5.89. The van der Waals surface area contributed by atoms with E-state index in [9.17, 15) is 9.50 Å². The number of thiazole rings is 1. The van der Waals surface area contributed by atoms with Gasteiger partial charge >= 0.3 is 0 Å². The number of aliphatic hydroxyl groups excluding tert-OH is 1. The molecule has 0 bridgehead atoms. The molecule has 0 amide bonds. The minimum Gasteiger partial charge on any atom is -0.491 e. The summed E-state index contributed by atoms with van der Waals surface area (Å²) in [7, 11) is 0. The van der Waals surface area contributed by atoms with Crippen molar-refractivity contribution in [2.45, 2.75) is 38.3 Å². The maximum absolute atomic E-state index is 12.8. The van der Waals surface area contributed by atoms with Crippen molar-refractivity contribution in [2.24, 2.45) is 0 Å². The predicted molar refractivity (Wildman–Crippen MR) is 88.5 cm³/mol. The van der Waals surface area contributed by atoms with Crippen molar-refractivity contribution in [1.29, 1.82) is 0 Å². The molecule has 2 aromatic rings. The molecule has 1 aliphatic rings. The Hall–Kier alpha value is -1.50. The van der Waals surface area contributed by atoms with Gasteiger partial charge in [-0.25, -0.2) is 9.37 Å². The van der Waals surface area contributed by atoms with Gasteiger partial charge in [0.2, 0.25) is 0 Å². The molecule has 1 heterocycles. The van der Waals surface area contributed by atoms with E-state index in [1.54, 1.807) is 23.5 Å². The highest BCUT2D eigenvalue weighted by molar-refractivity contribution is 7.11. The molecule has 0 fully saturated rings. The molecule has 23 heavy (non-hydrogen) atoms. The zero-order chi connectivity index (χ0) is 16.2. The third kappa shape index (κ3) is 4.28. The molecule has 1 aliphatic carbocycles. The fourth-order valence-corrected chi connectivity index (χ4v) is 3.76. The van der Waals surface area contributed by atoms with E-state index in [1.807, 2.05) is 0 Å². The largest absolute Gasteiger partial charge is 0.491 e. The average Bonchev–Trinajstić information content (AvgIpc) is 3.13. The van der Waals surface area contributed by atoms with Gasteiger partial charge in [0.1, 0.15) is 29.3 Å². The van der Waals surface area contributed by atoms with Crippen LogP contribution < -0.4 is 10.1 Å². The van der Waals surface area contributed by atoms with Crippen LogP contribution in [0.3, 0.4) is 0 Å². The second kappa shape index (κ2) is 7.38. The Balaban J connectivity index is 1.42. The number of nitrogens with one attached hydrogen (secondary N) is 1. The van der Waals surface area contributed by atoms with Crippen LogP contribution in [0.25, 0.3) is 0 Å². The Morgan fingerprint density at radius 1 is 1.35 bits per heavy atom. The number of rotatable bonds is 7. The molecule has 0 saturated carbocycles. The second-order valence-corrected chi connectivity index (χ2v) is 6.94. The Bertz CT molecular complexity index is 623. The van der Waals surface area contributed by atoms with E-state index in [0.29, 0.717) is 12.3 Å². The minimum atomic E-state index is -0.630. The standard InChI is InChI=1S/C17H21FN2O2S/c1-11(17-20-15-3-2-4-16(15)23-17)19-9-13(21)10-22-14-7-5-12(18)6-8-14/h5-8,11,13,19,21H,2-4,9-10H2,1H3. The number of aliphatic hydroxyl groups is 1. The molecule has 6 heteroatoms. The van der Waals surface area contributed by atoms with Gasteiger partial charge in [0.15, 0.2) is 0 Å². The number of aryl methyl sites for hydroxylation is 2. The van der Waals surface area contributed by atoms with Crippen LogP contribution in [0.4, 0.5) is 4.39 Å². The summed E-state index contributed by atoms with van der Waals surface area (Å²) in [4.78, 5) is 6.09. The molecule has 2 N–H and O–H groups in total. The number of fused-ring (bicyclic) bond motifs is 1. The molecule has 124 valence electrons. The smallest absolute Gasteiger partial charge is 0.123 e. The van der Waals surface area contributed by atoms with Gasteiger partial charge in [-0.05, 0) is 50.5 Å². The monoisotopic (exact) mass is 336 g/mol. The maximum atomic E-state index is 12.8. The number of hydrogen-bond donors (Lipinski definition) is 2. The van der Waals surface area contributed by atoms with E-state index in [2.05, 4.69) is 17.2 Å². The van der Waals surface area contributed by atoms with Crippen LogP contribution in [0.15, 0.2) is 24.3 Å². The number of nitrogens with zero attached hydrogens (tertiary/aromatic N) is 1. The van der Waals surface area contributed by atoms with E-state index in [1.165, 1.54) is 29.1 Å². The first-order valence-corrected chi connectivity index (χ1v) is 8.72. The van der Waals surface area contributed by atoms with Gasteiger partial charge in [0.25, 0.3) is 0 Å². The summed E-state index contributed by atoms with van der Waals surface area (Å²) in [5.74, 6) is 0.249. The number of ether oxygens (including phenoxy) is 1. The van der Waals surface area contributed by atoms with E-state index in [0.717, 1.165) is 17.8 Å². The summed E-state index contributed by atoms with van der Waals surface area (Å²) < 4.78 is 18.2. The van der Waals surface area contributed by atoms with Gasteiger partial charge in [0, 0.05) is 11.4 Å². The molecule has 0 aliphatic heterocycles. The molecule has 0 saturated heterocycles. The molecule has 0 radical (unpaired) electrons. The Kier molecular flexibility index (Phi) is 5.25. The summed E-state index contributed by atoms with van der Waals surface area (Å²) in [6.07, 6.45) is 2.82. The highest BCUT2D eigenvalue weighted by atomic mass is 32.1. The zero-order valence-corrected chi connectivity index (χ0v) is 13.9. The van der Waals surface area contributed by atoms with Crippen LogP contribution in [-0.2, 0) is 12.8 Å². The Labute approximate surface area is 139 Å². The maximum Gasteiger partial charge on any atom is 0.123 e. The lowest BCUT2D eigenvalue weighted by molar-refractivity contribution is 0.104. The van der Waals surface area contributed by atoms with Crippen molar-refractivity contribution in [3.63, 3.8) is 0 Å². The summed E-state index contributed by atoms with van der Waals surface area (Å²) >= 11 is 1.77. The van der Waals surface area contributed by atoms with Crippen LogP contribution in [0.1, 0.15) is 35.0 Å². The van der Waals surface area contributed by atoms with Crippen LogP contribution in [0.2, 0.25) is 0 Å². The topological polar surface area (TPSA) is 54.4 Å². The third-order valence-electron chi connectivity index (χ3n) is 3.90. The quantitative estimate of drug-likeness (QED) is 0.816. The van der Waals surface area contributed by atoms with E-state index in [4.69, 9.17) is 4.74 Å². The normalized spacial score (nSPS) is 16.1. The SMILES string of the molecule is CC(NCC(O)COc1ccc(F)cc1)c1nc2c(s1)CCC2. The van der Waals surface area contributed by atoms with Crippen molar-refractivity contribution >= 4 is 11.3 Å². The van der Waals surface area contributed by atoms with Gasteiger partial charge in [-0.2, -0.15) is 0 Å². The molecule has 4 nitrogen and oxygen atoms in total. The first kappa shape index (κ1) is 16.4. The molecular formula is C17H21FN2O2S. The average molecular weight is 336 g/mol. The van der Waals surface area contributed by atoms with Gasteiger partial charge in [-0.1, -0.05) is 0 Å². The predicted octanol–water partition coefficient (Wildman–Crippen LogP) is 2.86. The van der Waals surface area contributed by atoms with Gasteiger partial charge in [-0.15, -0.1) is 11.3 Å². The van der Waals surface area contributed by atoms with Crippen LogP contribution >= 0.6 is 11.3 Å². The van der Waals surface area contributed by atoms with Gasteiger partial charge in [0.05, 0.1) is 11.7 Å². The first-order valence-electron chi connectivity index (χ1n) is 7.90. The lowest BCUT2D eigenvalue weighted by Crippen LogP contribution is -2.33. The molecule has 2 unspecified atom stereocenters. The fourth-order valence-electron chi connectivity index (χ4n) is 2.58. The Morgan fingerprint density at radius 3 is 2.87 bits per heavy atom. The number of benzene rings is 1. The van der Waals surface area contributed by atoms with Crippen LogP contribution in [0.5, 0.6) is 5.75 Å². The number of hydrogen-bond acceptors (Lipinski definition) is 5. The lowest BCUT2D eigenvalue weighted by atomic mass is 10.3. The molecule has 1 aromatic carbocycles. The first-order chi connectivity index (χ1) is 11.1. The van der Waals surface area contributed by atoms with Crippen molar-refractivity contribution in [3.8, 4) is 5.75 Å². The lowest BCUT2D eigenvalue weighted by Gasteiger charge is -2.16. The highest BCUT2D eigenvalue weighted by Gasteiger charge is 2.20. The summed E-state index contributed by atoms with van der Waals surface area (Å²) in [6.45, 7) is 2.65. The van der Waals surface area contributed by atoms with Gasteiger partial charge in [-0.3, -0.25) is 0 Å². The summed E-state index contributed by atoms with van der Waals surface area (Å²) in [5.41, 5.74) is 1.25. The van der Waals surface area contributed by atoms with Crippen LogP contribution in [0, 0.1) is 5.82 Å². The molecule has 2 atom stereocenters. The van der Waals surface area contributed by atoms with Crippen LogP contribution in [-0.4, -0.2) is 29.3 Å². The minimum absolute atomic E-state index is 0.117. The van der Waals surface area contributed by atoms with Gasteiger partial charge < -0.3 is 15.2 Å². The van der Waals surface area contributed by atoms with E-state index >= 15 is 0 Å². The second-order valence-electron chi connectivity index (χ2n) is 5.82. The molecule has 0 spiro atoms. The van der Waals surface area contributed by atoms with E-state index < -0.39 is 6.10 Å². The molecule has 1 aromatic heterocycles. The van der Waals surface area contributed by atoms with Crippen molar-refractivity contribution in [1.82, 2.24) is 10.3 Å². The number of aromatic nitrogens is 1.